The van der Waals surface area contributed by atoms with E-state index in [9.17, 15) is 13.9 Å². The zero-order chi connectivity index (χ0) is 23.8. The van der Waals surface area contributed by atoms with Gasteiger partial charge in [0, 0.05) is 19.7 Å². The minimum absolute atomic E-state index is 0.0698. The fourth-order valence-electron chi connectivity index (χ4n) is 3.59. The summed E-state index contributed by atoms with van der Waals surface area (Å²) >= 11 is 0. The Morgan fingerprint density at radius 2 is 1.82 bits per heavy atom. The van der Waals surface area contributed by atoms with Gasteiger partial charge in [0.05, 0.1) is 29.7 Å². The van der Waals surface area contributed by atoms with E-state index < -0.39 is 11.9 Å². The molecule has 0 aliphatic rings. The number of aryl methyl sites for hydroxylation is 1. The highest BCUT2D eigenvalue weighted by atomic mass is 19.1. The molecule has 0 spiro atoms. The maximum Gasteiger partial charge on any atom is 0.227 e. The van der Waals surface area contributed by atoms with Crippen LogP contribution in [-0.4, -0.2) is 52.2 Å². The number of aliphatic hydroxyl groups is 1. The maximum atomic E-state index is 14.4. The van der Waals surface area contributed by atoms with Gasteiger partial charge in [0.25, 0.3) is 0 Å². The van der Waals surface area contributed by atoms with E-state index >= 15 is 0 Å². The van der Waals surface area contributed by atoms with Crippen molar-refractivity contribution in [2.45, 2.75) is 39.8 Å². The molecule has 8 heteroatoms. The van der Waals surface area contributed by atoms with Crippen LogP contribution in [0.25, 0.3) is 5.69 Å². The molecule has 0 aliphatic heterocycles. The molecule has 0 bridgehead atoms. The van der Waals surface area contributed by atoms with Crippen LogP contribution in [-0.2, 0) is 11.3 Å². The molecular weight excluding hydrogens is 428 g/mol. The lowest BCUT2D eigenvalue weighted by molar-refractivity contribution is 0.0195. The monoisotopic (exact) mass is 459 g/mol. The molecule has 1 aromatic heterocycles. The number of rotatable bonds is 12. The third-order valence-electron chi connectivity index (χ3n) is 5.16. The number of benzene rings is 2. The highest BCUT2D eigenvalue weighted by Gasteiger charge is 2.23. The molecule has 0 fully saturated rings. The van der Waals surface area contributed by atoms with Crippen LogP contribution < -0.4 is 4.74 Å². The van der Waals surface area contributed by atoms with Gasteiger partial charge >= 0.3 is 0 Å². The molecule has 3 aromatic rings. The summed E-state index contributed by atoms with van der Waals surface area (Å²) in [4.78, 5) is 2.09. The SMILES string of the molecule is CCCN(Cc1c(C)nn(-c2ccc(F)cc2)c1Oc1ccccc1F)C[C@@H](O)COCC. The summed E-state index contributed by atoms with van der Waals surface area (Å²) in [5.41, 5.74) is 2.06. The summed E-state index contributed by atoms with van der Waals surface area (Å²) in [5.74, 6) is -0.438. The Labute approximate surface area is 193 Å². The van der Waals surface area contributed by atoms with Gasteiger partial charge in [-0.15, -0.1) is 0 Å². The standard InChI is InChI=1S/C25H31F2N3O3/c1-4-14-29(15-21(31)17-32-5-2)16-22-18(3)28-30(20-12-10-19(26)11-13-20)25(22)33-24-9-7-6-8-23(24)27/h6-13,21,31H,4-5,14-17H2,1-3H3/t21-/m1/s1. The highest BCUT2D eigenvalue weighted by Crippen LogP contribution is 2.33. The van der Waals surface area contributed by atoms with Crippen LogP contribution in [0.4, 0.5) is 8.78 Å². The number of ether oxygens (including phenoxy) is 2. The molecule has 6 nitrogen and oxygen atoms in total. The second kappa shape index (κ2) is 11.9. The van der Waals surface area contributed by atoms with Crippen LogP contribution in [0.2, 0.25) is 0 Å². The Hall–Kier alpha value is -2.81. The number of aliphatic hydroxyl groups excluding tert-OH is 1. The van der Waals surface area contributed by atoms with E-state index in [1.54, 1.807) is 35.0 Å². The molecule has 178 valence electrons. The van der Waals surface area contributed by atoms with Crippen molar-refractivity contribution in [3.63, 3.8) is 0 Å². The van der Waals surface area contributed by atoms with Gasteiger partial charge in [-0.25, -0.2) is 13.5 Å². The van der Waals surface area contributed by atoms with Gasteiger partial charge in [-0.05, 0) is 63.2 Å². The predicted molar refractivity (Wildman–Crippen MR) is 123 cm³/mol. The number of halogens is 2. The Balaban J connectivity index is 1.98. The third-order valence-corrected chi connectivity index (χ3v) is 5.16. The van der Waals surface area contributed by atoms with Gasteiger partial charge in [-0.1, -0.05) is 19.1 Å². The summed E-state index contributed by atoms with van der Waals surface area (Å²) in [5, 5.41) is 15.0. The lowest BCUT2D eigenvalue weighted by atomic mass is 10.2. The maximum absolute atomic E-state index is 14.4. The number of nitrogens with zero attached hydrogens (tertiary/aromatic N) is 3. The number of para-hydroxylation sites is 1. The minimum atomic E-state index is -0.639. The first-order valence-corrected chi connectivity index (χ1v) is 11.2. The minimum Gasteiger partial charge on any atom is -0.435 e. The van der Waals surface area contributed by atoms with Crippen molar-refractivity contribution in [1.82, 2.24) is 14.7 Å². The van der Waals surface area contributed by atoms with Crippen LogP contribution in [0.1, 0.15) is 31.5 Å². The average Bonchev–Trinajstić information content (AvgIpc) is 3.09. The summed E-state index contributed by atoms with van der Waals surface area (Å²) in [6, 6.07) is 12.0. The van der Waals surface area contributed by atoms with E-state index in [2.05, 4.69) is 16.9 Å². The molecule has 33 heavy (non-hydrogen) atoms. The number of hydrogen-bond acceptors (Lipinski definition) is 5. The molecule has 2 aromatic carbocycles. The normalized spacial score (nSPS) is 12.3. The average molecular weight is 460 g/mol. The highest BCUT2D eigenvalue weighted by molar-refractivity contribution is 5.43. The molecule has 0 radical (unpaired) electrons. The van der Waals surface area contributed by atoms with Crippen molar-refractivity contribution in [2.75, 3.05) is 26.3 Å². The smallest absolute Gasteiger partial charge is 0.227 e. The van der Waals surface area contributed by atoms with Gasteiger partial charge in [0.15, 0.2) is 11.6 Å². The summed E-state index contributed by atoms with van der Waals surface area (Å²) in [6.45, 7) is 8.18. The molecule has 1 N–H and O–H groups in total. The van der Waals surface area contributed by atoms with Crippen molar-refractivity contribution >= 4 is 0 Å². The fraction of sp³-hybridized carbons (Fsp3) is 0.400. The first-order chi connectivity index (χ1) is 15.9. The molecule has 0 amide bonds. The quantitative estimate of drug-likeness (QED) is 0.419. The Morgan fingerprint density at radius 1 is 1.09 bits per heavy atom. The molecule has 3 rings (SSSR count). The lowest BCUT2D eigenvalue weighted by Gasteiger charge is -2.25. The van der Waals surface area contributed by atoms with E-state index in [-0.39, 0.29) is 18.2 Å². The lowest BCUT2D eigenvalue weighted by Crippen LogP contribution is -2.35. The van der Waals surface area contributed by atoms with Gasteiger partial charge in [0.1, 0.15) is 5.82 Å². The van der Waals surface area contributed by atoms with Crippen molar-refractivity contribution in [2.24, 2.45) is 0 Å². The topological polar surface area (TPSA) is 59.8 Å². The Morgan fingerprint density at radius 3 is 2.48 bits per heavy atom. The van der Waals surface area contributed by atoms with Gasteiger partial charge in [-0.2, -0.15) is 5.10 Å². The summed E-state index contributed by atoms with van der Waals surface area (Å²) in [7, 11) is 0. The summed E-state index contributed by atoms with van der Waals surface area (Å²) < 4.78 is 40.9. The second-order valence-electron chi connectivity index (χ2n) is 7.84. The first kappa shape index (κ1) is 24.8. The van der Waals surface area contributed by atoms with Crippen LogP contribution in [0.3, 0.4) is 0 Å². The second-order valence-corrected chi connectivity index (χ2v) is 7.84. The van der Waals surface area contributed by atoms with Gasteiger partial charge in [0.2, 0.25) is 5.88 Å². The third kappa shape index (κ3) is 6.60. The molecule has 1 atom stereocenters. The van der Waals surface area contributed by atoms with Gasteiger partial charge in [-0.3, -0.25) is 4.90 Å². The van der Waals surface area contributed by atoms with Crippen LogP contribution in [0.5, 0.6) is 11.6 Å². The summed E-state index contributed by atoms with van der Waals surface area (Å²) in [6.07, 6.45) is 0.246. The van der Waals surface area contributed by atoms with Crippen molar-refractivity contribution in [1.29, 1.82) is 0 Å². The van der Waals surface area contributed by atoms with Crippen LogP contribution >= 0.6 is 0 Å². The Kier molecular flexibility index (Phi) is 8.94. The molecular formula is C25H31F2N3O3. The van der Waals surface area contributed by atoms with Crippen molar-refractivity contribution in [3.05, 3.63) is 71.4 Å². The Bertz CT molecular complexity index is 1020. The zero-order valence-electron chi connectivity index (χ0n) is 19.3. The van der Waals surface area contributed by atoms with E-state index in [4.69, 9.17) is 9.47 Å². The molecule has 0 saturated heterocycles. The number of aromatic nitrogens is 2. The largest absolute Gasteiger partial charge is 0.435 e. The molecule has 0 unspecified atom stereocenters. The van der Waals surface area contributed by atoms with Crippen LogP contribution in [0, 0.1) is 18.6 Å². The van der Waals surface area contributed by atoms with E-state index in [1.165, 1.54) is 18.2 Å². The predicted octanol–water partition coefficient (Wildman–Crippen LogP) is 4.86. The van der Waals surface area contributed by atoms with Gasteiger partial charge < -0.3 is 14.6 Å². The first-order valence-electron chi connectivity index (χ1n) is 11.2. The number of hydrogen-bond donors (Lipinski definition) is 1. The van der Waals surface area contributed by atoms with Crippen LogP contribution in [0.15, 0.2) is 48.5 Å². The zero-order valence-corrected chi connectivity index (χ0v) is 19.3. The van der Waals surface area contributed by atoms with Crippen molar-refractivity contribution in [3.8, 4) is 17.3 Å². The van der Waals surface area contributed by atoms with E-state index in [1.807, 2.05) is 13.8 Å². The molecule has 0 aliphatic carbocycles. The van der Waals surface area contributed by atoms with Crippen molar-refractivity contribution < 1.29 is 23.4 Å². The molecule has 1 heterocycles. The van der Waals surface area contributed by atoms with E-state index in [0.29, 0.717) is 37.0 Å². The van der Waals surface area contributed by atoms with E-state index in [0.717, 1.165) is 18.5 Å². The molecule has 0 saturated carbocycles. The fourth-order valence-corrected chi connectivity index (χ4v) is 3.59.